The number of hydrogen-bond donors (Lipinski definition) is 1. The number of amides is 2. The highest BCUT2D eigenvalue weighted by atomic mass is 16.5. The van der Waals surface area contributed by atoms with E-state index < -0.39 is 0 Å². The maximum Gasteiger partial charge on any atom is 0.255 e. The zero-order chi connectivity index (χ0) is 25.0. The van der Waals surface area contributed by atoms with Gasteiger partial charge in [-0.1, -0.05) is 39.0 Å². The van der Waals surface area contributed by atoms with Crippen LogP contribution in [0.25, 0.3) is 0 Å². The van der Waals surface area contributed by atoms with E-state index in [1.54, 1.807) is 25.3 Å². The van der Waals surface area contributed by atoms with Crippen molar-refractivity contribution < 1.29 is 14.3 Å². The topological polar surface area (TPSA) is 61.9 Å². The third-order valence-corrected chi connectivity index (χ3v) is 6.39. The molecule has 4 rings (SSSR count). The Morgan fingerprint density at radius 2 is 1.49 bits per heavy atom. The number of nitrogens with zero attached hydrogens (tertiary/aromatic N) is 2. The van der Waals surface area contributed by atoms with Gasteiger partial charge in [-0.05, 0) is 65.6 Å². The molecule has 0 saturated carbocycles. The smallest absolute Gasteiger partial charge is 0.255 e. The highest BCUT2D eigenvalue weighted by molar-refractivity contribution is 6.04. The van der Waals surface area contributed by atoms with Gasteiger partial charge in [0.25, 0.3) is 11.8 Å². The van der Waals surface area contributed by atoms with Gasteiger partial charge in [-0.15, -0.1) is 0 Å². The van der Waals surface area contributed by atoms with E-state index in [0.717, 1.165) is 30.0 Å². The van der Waals surface area contributed by atoms with Gasteiger partial charge in [0.2, 0.25) is 0 Å². The number of hydrogen-bond acceptors (Lipinski definition) is 4. The highest BCUT2D eigenvalue weighted by Crippen LogP contribution is 2.24. The lowest BCUT2D eigenvalue weighted by Gasteiger charge is -2.36. The number of anilines is 2. The molecule has 1 aliphatic rings. The lowest BCUT2D eigenvalue weighted by atomic mass is 9.86. The van der Waals surface area contributed by atoms with Crippen molar-refractivity contribution in [2.75, 3.05) is 43.5 Å². The van der Waals surface area contributed by atoms with Crippen LogP contribution < -0.4 is 15.0 Å². The van der Waals surface area contributed by atoms with Crippen molar-refractivity contribution in [2.45, 2.75) is 26.2 Å². The summed E-state index contributed by atoms with van der Waals surface area (Å²) in [5, 5.41) is 2.93. The molecule has 6 heteroatoms. The molecule has 3 aromatic rings. The molecule has 3 aromatic carbocycles. The quantitative estimate of drug-likeness (QED) is 0.555. The van der Waals surface area contributed by atoms with Crippen LogP contribution in [0.4, 0.5) is 11.4 Å². The van der Waals surface area contributed by atoms with E-state index >= 15 is 0 Å². The third-order valence-electron chi connectivity index (χ3n) is 6.39. The van der Waals surface area contributed by atoms with Gasteiger partial charge in [0.05, 0.1) is 7.11 Å². The first-order valence-corrected chi connectivity index (χ1v) is 11.9. The van der Waals surface area contributed by atoms with E-state index in [1.165, 1.54) is 5.56 Å². The zero-order valence-electron chi connectivity index (χ0n) is 20.9. The molecular formula is C29H33N3O3. The Hall–Kier alpha value is -3.80. The van der Waals surface area contributed by atoms with Crippen LogP contribution in [-0.4, -0.2) is 50.0 Å². The minimum atomic E-state index is -0.181. The molecule has 182 valence electrons. The van der Waals surface area contributed by atoms with Gasteiger partial charge in [-0.3, -0.25) is 9.59 Å². The van der Waals surface area contributed by atoms with Gasteiger partial charge < -0.3 is 19.9 Å². The average molecular weight is 472 g/mol. The molecule has 35 heavy (non-hydrogen) atoms. The molecule has 0 aromatic heterocycles. The number of carbonyl (C=O) groups is 2. The number of carbonyl (C=O) groups excluding carboxylic acids is 2. The van der Waals surface area contributed by atoms with Crippen LogP contribution in [0.1, 0.15) is 47.1 Å². The molecule has 2 amide bonds. The van der Waals surface area contributed by atoms with E-state index in [0.29, 0.717) is 24.4 Å². The summed E-state index contributed by atoms with van der Waals surface area (Å²) >= 11 is 0. The van der Waals surface area contributed by atoms with Gasteiger partial charge in [0.1, 0.15) is 5.75 Å². The number of ether oxygens (including phenoxy) is 1. The van der Waals surface area contributed by atoms with Crippen LogP contribution >= 0.6 is 0 Å². The van der Waals surface area contributed by atoms with Crippen molar-refractivity contribution in [3.63, 3.8) is 0 Å². The Bertz CT molecular complexity index is 1170. The number of benzene rings is 3. The van der Waals surface area contributed by atoms with Gasteiger partial charge in [0.15, 0.2) is 0 Å². The minimum Gasteiger partial charge on any atom is -0.497 e. The summed E-state index contributed by atoms with van der Waals surface area (Å²) in [6, 6.07) is 22.9. The summed E-state index contributed by atoms with van der Waals surface area (Å²) in [7, 11) is 1.58. The van der Waals surface area contributed by atoms with Gasteiger partial charge in [0, 0.05) is 48.7 Å². The second-order valence-corrected chi connectivity index (χ2v) is 9.84. The van der Waals surface area contributed by atoms with Crippen molar-refractivity contribution in [1.82, 2.24) is 4.90 Å². The second-order valence-electron chi connectivity index (χ2n) is 9.84. The number of methoxy groups -OCH3 is 1. The van der Waals surface area contributed by atoms with Crippen LogP contribution in [-0.2, 0) is 5.41 Å². The molecule has 0 radical (unpaired) electrons. The molecule has 1 heterocycles. The van der Waals surface area contributed by atoms with Crippen LogP contribution in [0.3, 0.4) is 0 Å². The van der Waals surface area contributed by atoms with Crippen molar-refractivity contribution in [3.8, 4) is 5.75 Å². The zero-order valence-corrected chi connectivity index (χ0v) is 20.9. The predicted octanol–water partition coefficient (Wildman–Crippen LogP) is 5.21. The maximum absolute atomic E-state index is 13.0. The van der Waals surface area contributed by atoms with Gasteiger partial charge >= 0.3 is 0 Å². The molecular weight excluding hydrogens is 438 g/mol. The van der Waals surface area contributed by atoms with Crippen molar-refractivity contribution in [1.29, 1.82) is 0 Å². The first-order valence-electron chi connectivity index (χ1n) is 11.9. The molecule has 1 fully saturated rings. The first-order chi connectivity index (χ1) is 16.7. The van der Waals surface area contributed by atoms with Gasteiger partial charge in [-0.25, -0.2) is 0 Å². The summed E-state index contributed by atoms with van der Waals surface area (Å²) < 4.78 is 5.19. The Morgan fingerprint density at radius 1 is 0.829 bits per heavy atom. The minimum absolute atomic E-state index is 0.0701. The van der Waals surface area contributed by atoms with Crippen molar-refractivity contribution in [2.24, 2.45) is 0 Å². The van der Waals surface area contributed by atoms with Crippen LogP contribution in [0.15, 0.2) is 72.8 Å². The Morgan fingerprint density at radius 3 is 2.09 bits per heavy atom. The number of nitrogens with one attached hydrogen (secondary N) is 1. The molecule has 0 spiro atoms. The summed E-state index contributed by atoms with van der Waals surface area (Å²) in [6.07, 6.45) is 0. The number of piperazine rings is 1. The lowest BCUT2D eigenvalue weighted by Crippen LogP contribution is -2.48. The molecule has 0 aliphatic carbocycles. The molecule has 0 atom stereocenters. The predicted molar refractivity (Wildman–Crippen MR) is 141 cm³/mol. The normalized spacial score (nSPS) is 13.9. The Labute approximate surface area is 207 Å². The fourth-order valence-corrected chi connectivity index (χ4v) is 4.19. The summed E-state index contributed by atoms with van der Waals surface area (Å²) in [6.45, 7) is 9.39. The lowest BCUT2D eigenvalue weighted by molar-refractivity contribution is 0.0746. The van der Waals surface area contributed by atoms with E-state index in [2.05, 4.69) is 43.1 Å². The molecule has 1 saturated heterocycles. The van der Waals surface area contributed by atoms with E-state index in [1.807, 2.05) is 47.4 Å². The van der Waals surface area contributed by atoms with E-state index in [-0.39, 0.29) is 17.2 Å². The molecule has 1 N–H and O–H groups in total. The number of rotatable bonds is 5. The molecule has 0 bridgehead atoms. The van der Waals surface area contributed by atoms with E-state index in [9.17, 15) is 9.59 Å². The van der Waals surface area contributed by atoms with Crippen molar-refractivity contribution >= 4 is 23.2 Å². The second kappa shape index (κ2) is 10.2. The van der Waals surface area contributed by atoms with Crippen molar-refractivity contribution in [3.05, 3.63) is 89.5 Å². The fourth-order valence-electron chi connectivity index (χ4n) is 4.19. The largest absolute Gasteiger partial charge is 0.497 e. The summed E-state index contributed by atoms with van der Waals surface area (Å²) in [5.74, 6) is 0.549. The van der Waals surface area contributed by atoms with Crippen LogP contribution in [0, 0.1) is 0 Å². The molecule has 1 aliphatic heterocycles. The Kier molecular flexibility index (Phi) is 7.10. The van der Waals surface area contributed by atoms with Crippen LogP contribution in [0.5, 0.6) is 5.75 Å². The Balaban J connectivity index is 1.32. The fraction of sp³-hybridized carbons (Fsp3) is 0.310. The average Bonchev–Trinajstić information content (AvgIpc) is 2.88. The first kappa shape index (κ1) is 24.3. The van der Waals surface area contributed by atoms with E-state index in [4.69, 9.17) is 4.74 Å². The monoisotopic (exact) mass is 471 g/mol. The third kappa shape index (κ3) is 5.83. The SMILES string of the molecule is COc1cccc(C(=O)Nc2ccc(N3CCN(C(=O)c4ccc(C(C)(C)C)cc4)CC3)cc2)c1. The summed E-state index contributed by atoms with van der Waals surface area (Å²) in [5.41, 5.74) is 4.38. The molecule has 6 nitrogen and oxygen atoms in total. The maximum atomic E-state index is 13.0. The summed E-state index contributed by atoms with van der Waals surface area (Å²) in [4.78, 5) is 29.7. The standard InChI is InChI=1S/C29H33N3O3/c1-29(2,3)23-10-8-21(9-11-23)28(34)32-18-16-31(17-19-32)25-14-12-24(13-15-25)30-27(33)22-6-5-7-26(20-22)35-4/h5-15,20H,16-19H2,1-4H3,(H,30,33). The van der Waals surface area contributed by atoms with Gasteiger partial charge in [-0.2, -0.15) is 0 Å². The highest BCUT2D eigenvalue weighted by Gasteiger charge is 2.23. The van der Waals surface area contributed by atoms with Crippen LogP contribution in [0.2, 0.25) is 0 Å². The molecule has 0 unspecified atom stereocenters.